The average Bonchev–Trinajstić information content (AvgIpc) is 3.05. The molecule has 6 nitrogen and oxygen atoms in total. The number of allylic oxidation sites excluding steroid dienone is 1. The number of aromatic amines is 2. The number of aromatic nitrogens is 4. The van der Waals surface area contributed by atoms with E-state index in [1.54, 1.807) is 10.6 Å². The van der Waals surface area contributed by atoms with Gasteiger partial charge in [-0.3, -0.25) is 19.3 Å². The molecule has 0 aliphatic carbocycles. The lowest BCUT2D eigenvalue weighted by atomic mass is 10.3. The lowest BCUT2D eigenvalue weighted by Gasteiger charge is -2.09. The summed E-state index contributed by atoms with van der Waals surface area (Å²) in [5.74, 6) is 0.526. The van der Waals surface area contributed by atoms with Gasteiger partial charge in [-0.05, 0) is 13.0 Å². The van der Waals surface area contributed by atoms with Gasteiger partial charge < -0.3 is 5.10 Å². The predicted octanol–water partition coefficient (Wildman–Crippen LogP) is 2.26. The molecule has 0 radical (unpaired) electrons. The zero-order chi connectivity index (χ0) is 15.7. The van der Waals surface area contributed by atoms with Gasteiger partial charge in [-0.1, -0.05) is 17.8 Å². The second-order valence-electron chi connectivity index (χ2n) is 4.75. The van der Waals surface area contributed by atoms with Crippen LogP contribution in [0.1, 0.15) is 10.6 Å². The molecule has 22 heavy (non-hydrogen) atoms. The van der Waals surface area contributed by atoms with E-state index in [0.717, 1.165) is 15.4 Å². The zero-order valence-corrected chi connectivity index (χ0v) is 13.5. The van der Waals surface area contributed by atoms with Crippen LogP contribution in [-0.2, 0) is 12.3 Å². The van der Waals surface area contributed by atoms with E-state index in [2.05, 4.69) is 21.8 Å². The van der Waals surface area contributed by atoms with E-state index in [0.29, 0.717) is 22.8 Å². The third-order valence-electron chi connectivity index (χ3n) is 3.06. The molecular weight excluding hydrogens is 320 g/mol. The minimum absolute atomic E-state index is 0.0562. The molecule has 0 aromatic carbocycles. The van der Waals surface area contributed by atoms with Crippen molar-refractivity contribution >= 4 is 33.3 Å². The second-order valence-corrected chi connectivity index (χ2v) is 6.92. The number of nitrogens with zero attached hydrogens (tertiary/aromatic N) is 2. The number of rotatable bonds is 5. The first kappa shape index (κ1) is 14.9. The van der Waals surface area contributed by atoms with Gasteiger partial charge in [-0.15, -0.1) is 17.9 Å². The fourth-order valence-electron chi connectivity index (χ4n) is 2.11. The molecule has 0 aliphatic rings. The van der Waals surface area contributed by atoms with E-state index < -0.39 is 0 Å². The van der Waals surface area contributed by atoms with Crippen molar-refractivity contribution in [2.75, 3.05) is 0 Å². The average molecular weight is 334 g/mol. The highest BCUT2D eigenvalue weighted by molar-refractivity contribution is 7.98. The van der Waals surface area contributed by atoms with Crippen molar-refractivity contribution in [3.05, 3.63) is 56.1 Å². The van der Waals surface area contributed by atoms with Crippen LogP contribution in [0.3, 0.4) is 0 Å². The summed E-state index contributed by atoms with van der Waals surface area (Å²) in [6, 6.07) is 3.36. The van der Waals surface area contributed by atoms with Crippen LogP contribution in [0.4, 0.5) is 0 Å². The Bertz CT molecular complexity index is 948. The van der Waals surface area contributed by atoms with Gasteiger partial charge in [0.05, 0.1) is 5.39 Å². The molecule has 0 fully saturated rings. The Hall–Kier alpha value is -2.06. The molecule has 0 aliphatic heterocycles. The van der Waals surface area contributed by atoms with E-state index in [-0.39, 0.29) is 11.1 Å². The minimum Gasteiger partial charge on any atom is -0.301 e. The fourth-order valence-corrected chi connectivity index (χ4v) is 3.95. The Balaban J connectivity index is 2.02. The Labute approximate surface area is 133 Å². The summed E-state index contributed by atoms with van der Waals surface area (Å²) < 4.78 is 1.61. The number of thiophene rings is 1. The summed E-state index contributed by atoms with van der Waals surface area (Å²) in [7, 11) is 0. The molecule has 3 heterocycles. The van der Waals surface area contributed by atoms with Crippen LogP contribution in [0.5, 0.6) is 0 Å². The van der Waals surface area contributed by atoms with Crippen LogP contribution in [0, 0.1) is 6.92 Å². The van der Waals surface area contributed by atoms with Gasteiger partial charge in [-0.25, -0.2) is 4.98 Å². The van der Waals surface area contributed by atoms with Crippen molar-refractivity contribution < 1.29 is 0 Å². The van der Waals surface area contributed by atoms with Crippen molar-refractivity contribution in [3.63, 3.8) is 0 Å². The molecule has 0 amide bonds. The van der Waals surface area contributed by atoms with Gasteiger partial charge in [0.25, 0.3) is 11.1 Å². The number of hydrogen-bond acceptors (Lipinski definition) is 5. The normalized spacial score (nSPS) is 11.1. The monoisotopic (exact) mass is 334 g/mol. The van der Waals surface area contributed by atoms with Gasteiger partial charge >= 0.3 is 0 Å². The minimum atomic E-state index is -0.170. The highest BCUT2D eigenvalue weighted by Crippen LogP contribution is 2.25. The molecule has 0 saturated heterocycles. The number of thioether (sulfide) groups is 1. The van der Waals surface area contributed by atoms with E-state index >= 15 is 0 Å². The lowest BCUT2D eigenvalue weighted by Crippen LogP contribution is -2.22. The summed E-state index contributed by atoms with van der Waals surface area (Å²) in [6.07, 6.45) is 1.68. The third-order valence-corrected chi connectivity index (χ3v) is 5.03. The molecule has 3 aromatic rings. The largest absolute Gasteiger partial charge is 0.301 e. The zero-order valence-electron chi connectivity index (χ0n) is 11.9. The second kappa shape index (κ2) is 5.98. The highest BCUT2D eigenvalue weighted by atomic mass is 32.2. The maximum Gasteiger partial charge on any atom is 0.264 e. The van der Waals surface area contributed by atoms with Gasteiger partial charge in [0.2, 0.25) is 0 Å². The Morgan fingerprint density at radius 1 is 1.41 bits per heavy atom. The first-order valence-corrected chi connectivity index (χ1v) is 8.40. The summed E-state index contributed by atoms with van der Waals surface area (Å²) in [4.78, 5) is 30.1. The quantitative estimate of drug-likeness (QED) is 0.426. The van der Waals surface area contributed by atoms with Crippen molar-refractivity contribution in [3.8, 4) is 0 Å². The van der Waals surface area contributed by atoms with Crippen molar-refractivity contribution in [2.24, 2.45) is 0 Å². The van der Waals surface area contributed by atoms with Crippen molar-refractivity contribution in [1.29, 1.82) is 0 Å². The Kier molecular flexibility index (Phi) is 4.04. The van der Waals surface area contributed by atoms with E-state index in [1.165, 1.54) is 29.2 Å². The van der Waals surface area contributed by atoms with Gasteiger partial charge in [0.1, 0.15) is 4.83 Å². The smallest absolute Gasteiger partial charge is 0.264 e. The fraction of sp³-hybridized carbons (Fsp3) is 0.214. The first-order chi connectivity index (χ1) is 10.6. The highest BCUT2D eigenvalue weighted by Gasteiger charge is 2.13. The lowest BCUT2D eigenvalue weighted by molar-refractivity contribution is 0.672. The Morgan fingerprint density at radius 2 is 2.23 bits per heavy atom. The summed E-state index contributed by atoms with van der Waals surface area (Å²) in [5, 5.41) is 6.55. The molecule has 0 atom stereocenters. The molecular formula is C14H14N4O2S2. The summed E-state index contributed by atoms with van der Waals surface area (Å²) in [5.41, 5.74) is 0.535. The molecule has 2 N–H and O–H groups in total. The number of aryl methyl sites for hydroxylation is 1. The van der Waals surface area contributed by atoms with Crippen LogP contribution in [0.15, 0.2) is 39.5 Å². The number of nitrogens with one attached hydrogen (secondary N) is 2. The van der Waals surface area contributed by atoms with Gasteiger partial charge in [-0.2, -0.15) is 0 Å². The van der Waals surface area contributed by atoms with Gasteiger partial charge in [0.15, 0.2) is 5.16 Å². The topological polar surface area (TPSA) is 83.5 Å². The summed E-state index contributed by atoms with van der Waals surface area (Å²) in [6.45, 7) is 6.06. The predicted molar refractivity (Wildman–Crippen MR) is 89.8 cm³/mol. The van der Waals surface area contributed by atoms with Crippen LogP contribution in [-0.4, -0.2) is 19.7 Å². The van der Waals surface area contributed by atoms with Crippen LogP contribution >= 0.6 is 23.1 Å². The molecule has 8 heteroatoms. The number of hydrogen-bond donors (Lipinski definition) is 2. The molecule has 114 valence electrons. The third kappa shape index (κ3) is 2.79. The SMILES string of the molecule is C=CCn1c(SCc2cc(=O)[nH][nH]2)nc2sc(C)cc2c1=O. The van der Waals surface area contributed by atoms with Crippen LogP contribution in [0.2, 0.25) is 0 Å². The molecule has 0 spiro atoms. The number of H-pyrrole nitrogens is 2. The molecule has 3 aromatic heterocycles. The molecule has 0 saturated carbocycles. The van der Waals surface area contributed by atoms with E-state index in [1.807, 2.05) is 13.0 Å². The standard InChI is InChI=1S/C14H14N4O2S2/c1-3-4-18-13(20)10-5-8(2)22-12(10)15-14(18)21-7-9-6-11(19)17-16-9/h3,5-6H,1,4,7H2,2H3,(H2,16,17,19). The van der Waals surface area contributed by atoms with Gasteiger partial charge in [0, 0.05) is 28.9 Å². The van der Waals surface area contributed by atoms with Crippen LogP contribution in [0.25, 0.3) is 10.2 Å². The van der Waals surface area contributed by atoms with Crippen molar-refractivity contribution in [1.82, 2.24) is 19.7 Å². The van der Waals surface area contributed by atoms with Crippen LogP contribution < -0.4 is 11.1 Å². The van der Waals surface area contributed by atoms with Crippen molar-refractivity contribution in [2.45, 2.75) is 24.4 Å². The molecule has 0 unspecified atom stereocenters. The van der Waals surface area contributed by atoms with E-state index in [4.69, 9.17) is 0 Å². The molecule has 0 bridgehead atoms. The Morgan fingerprint density at radius 3 is 2.91 bits per heavy atom. The maximum atomic E-state index is 12.6. The molecule has 3 rings (SSSR count). The summed E-state index contributed by atoms with van der Waals surface area (Å²) >= 11 is 2.92. The maximum absolute atomic E-state index is 12.6. The van der Waals surface area contributed by atoms with E-state index in [9.17, 15) is 9.59 Å². The number of fused-ring (bicyclic) bond motifs is 1. The first-order valence-electron chi connectivity index (χ1n) is 6.59.